The lowest BCUT2D eigenvalue weighted by atomic mass is 10.1. The first kappa shape index (κ1) is 15.4. The van der Waals surface area contributed by atoms with Gasteiger partial charge in [-0.15, -0.1) is 0 Å². The molecule has 1 atom stereocenters. The molecule has 0 amide bonds. The second-order valence-corrected chi connectivity index (χ2v) is 5.03. The lowest BCUT2D eigenvalue weighted by Crippen LogP contribution is -2.30. The van der Waals surface area contributed by atoms with Crippen LogP contribution in [0, 0.1) is 0 Å². The zero-order valence-electron chi connectivity index (χ0n) is 12.8. The van der Waals surface area contributed by atoms with Crippen molar-refractivity contribution in [3.8, 4) is 11.5 Å². The van der Waals surface area contributed by atoms with Crippen LogP contribution in [0.15, 0.2) is 30.6 Å². The van der Waals surface area contributed by atoms with Gasteiger partial charge in [0.05, 0.1) is 14.2 Å². The van der Waals surface area contributed by atoms with Crippen LogP contribution in [0.25, 0.3) is 0 Å². The Morgan fingerprint density at radius 3 is 2.71 bits per heavy atom. The molecule has 2 N–H and O–H groups in total. The summed E-state index contributed by atoms with van der Waals surface area (Å²) in [5.74, 6) is 2.55. The molecule has 1 heterocycles. The Balaban J connectivity index is 1.83. The summed E-state index contributed by atoms with van der Waals surface area (Å²) < 4.78 is 10.6. The molecule has 1 aromatic carbocycles. The van der Waals surface area contributed by atoms with Gasteiger partial charge < -0.3 is 19.8 Å². The van der Waals surface area contributed by atoms with Gasteiger partial charge in [-0.25, -0.2) is 4.98 Å². The van der Waals surface area contributed by atoms with Crippen LogP contribution in [0.2, 0.25) is 0 Å². The maximum absolute atomic E-state index is 5.33. The lowest BCUT2D eigenvalue weighted by molar-refractivity contribution is 0.354. The summed E-state index contributed by atoms with van der Waals surface area (Å²) in [6.45, 7) is 3.08. The Morgan fingerprint density at radius 2 is 2.05 bits per heavy atom. The average Bonchev–Trinajstić information content (AvgIpc) is 3.00. The fourth-order valence-electron chi connectivity index (χ4n) is 2.30. The number of benzene rings is 1. The number of H-pyrrole nitrogens is 1. The van der Waals surface area contributed by atoms with Crippen molar-refractivity contribution < 1.29 is 9.47 Å². The molecule has 1 unspecified atom stereocenters. The molecule has 0 aliphatic carbocycles. The molecule has 0 spiro atoms. The van der Waals surface area contributed by atoms with Gasteiger partial charge >= 0.3 is 0 Å². The van der Waals surface area contributed by atoms with Gasteiger partial charge in [-0.1, -0.05) is 6.07 Å². The number of nitrogens with one attached hydrogen (secondary N) is 2. The minimum atomic E-state index is 0.387. The van der Waals surface area contributed by atoms with Crippen molar-refractivity contribution in [2.24, 2.45) is 0 Å². The summed E-state index contributed by atoms with van der Waals surface area (Å²) in [5, 5.41) is 3.50. The predicted molar refractivity (Wildman–Crippen MR) is 83.0 cm³/mol. The highest BCUT2D eigenvalue weighted by molar-refractivity contribution is 5.43. The third kappa shape index (κ3) is 4.49. The average molecular weight is 289 g/mol. The fourth-order valence-corrected chi connectivity index (χ4v) is 2.30. The second kappa shape index (κ2) is 7.69. The molecule has 0 saturated heterocycles. The van der Waals surface area contributed by atoms with E-state index in [2.05, 4.69) is 28.3 Å². The number of aromatic nitrogens is 2. The molecule has 21 heavy (non-hydrogen) atoms. The van der Waals surface area contributed by atoms with Crippen LogP contribution in [0.4, 0.5) is 0 Å². The van der Waals surface area contributed by atoms with E-state index in [0.717, 1.165) is 36.7 Å². The smallest absolute Gasteiger partial charge is 0.160 e. The summed E-state index contributed by atoms with van der Waals surface area (Å²) in [5.41, 5.74) is 1.23. The van der Waals surface area contributed by atoms with Crippen molar-refractivity contribution in [2.45, 2.75) is 25.8 Å². The number of hydrogen-bond donors (Lipinski definition) is 2. The van der Waals surface area contributed by atoms with Crippen molar-refractivity contribution in [3.63, 3.8) is 0 Å². The van der Waals surface area contributed by atoms with Crippen LogP contribution < -0.4 is 14.8 Å². The Kier molecular flexibility index (Phi) is 5.63. The number of aromatic amines is 1. The highest BCUT2D eigenvalue weighted by atomic mass is 16.5. The SMILES string of the molecule is COc1ccc(CC(C)NCCc2ncc[nH]2)cc1OC. The molecule has 0 bridgehead atoms. The van der Waals surface area contributed by atoms with E-state index < -0.39 is 0 Å². The summed E-state index contributed by atoms with van der Waals surface area (Å²) in [4.78, 5) is 7.32. The van der Waals surface area contributed by atoms with Crippen molar-refractivity contribution in [3.05, 3.63) is 42.0 Å². The number of hydrogen-bond acceptors (Lipinski definition) is 4. The van der Waals surface area contributed by atoms with Gasteiger partial charge in [-0.2, -0.15) is 0 Å². The third-order valence-corrected chi connectivity index (χ3v) is 3.40. The molecule has 0 radical (unpaired) electrons. The van der Waals surface area contributed by atoms with Crippen molar-refractivity contribution >= 4 is 0 Å². The number of nitrogens with zero attached hydrogens (tertiary/aromatic N) is 1. The first-order chi connectivity index (χ1) is 10.2. The van der Waals surface area contributed by atoms with E-state index in [1.807, 2.05) is 18.3 Å². The molecule has 2 rings (SSSR count). The summed E-state index contributed by atoms with van der Waals surface area (Å²) >= 11 is 0. The number of rotatable bonds is 8. The van der Waals surface area contributed by atoms with Gasteiger partial charge in [0.2, 0.25) is 0 Å². The molecule has 5 heteroatoms. The lowest BCUT2D eigenvalue weighted by Gasteiger charge is -2.15. The summed E-state index contributed by atoms with van der Waals surface area (Å²) in [6, 6.07) is 6.44. The summed E-state index contributed by atoms with van der Waals surface area (Å²) in [7, 11) is 3.31. The molecule has 0 aliphatic rings. The van der Waals surface area contributed by atoms with Crippen LogP contribution in [-0.2, 0) is 12.8 Å². The Morgan fingerprint density at radius 1 is 1.24 bits per heavy atom. The van der Waals surface area contributed by atoms with Gasteiger partial charge in [0.25, 0.3) is 0 Å². The van der Waals surface area contributed by atoms with E-state index in [1.165, 1.54) is 5.56 Å². The molecular weight excluding hydrogens is 266 g/mol. The molecule has 0 saturated carbocycles. The van der Waals surface area contributed by atoms with Crippen LogP contribution in [0.1, 0.15) is 18.3 Å². The molecule has 114 valence electrons. The monoisotopic (exact) mass is 289 g/mol. The number of ether oxygens (including phenoxy) is 2. The van der Waals surface area contributed by atoms with Crippen LogP contribution in [0.3, 0.4) is 0 Å². The van der Waals surface area contributed by atoms with Gasteiger partial charge in [0, 0.05) is 31.4 Å². The normalized spacial score (nSPS) is 12.1. The highest BCUT2D eigenvalue weighted by Gasteiger charge is 2.08. The zero-order chi connectivity index (χ0) is 15.1. The minimum Gasteiger partial charge on any atom is -0.493 e. The van der Waals surface area contributed by atoms with Gasteiger partial charge in [0.15, 0.2) is 11.5 Å². The molecule has 0 aliphatic heterocycles. The largest absolute Gasteiger partial charge is 0.493 e. The first-order valence-corrected chi connectivity index (χ1v) is 7.15. The van der Waals surface area contributed by atoms with E-state index in [0.29, 0.717) is 6.04 Å². The Bertz CT molecular complexity index is 540. The van der Waals surface area contributed by atoms with Gasteiger partial charge in [0.1, 0.15) is 5.82 Å². The molecular formula is C16H23N3O2. The fraction of sp³-hybridized carbons (Fsp3) is 0.438. The first-order valence-electron chi connectivity index (χ1n) is 7.15. The molecule has 2 aromatic rings. The molecule has 1 aromatic heterocycles. The zero-order valence-corrected chi connectivity index (χ0v) is 12.8. The highest BCUT2D eigenvalue weighted by Crippen LogP contribution is 2.27. The van der Waals surface area contributed by atoms with Gasteiger partial charge in [-0.05, 0) is 31.0 Å². The third-order valence-electron chi connectivity index (χ3n) is 3.40. The van der Waals surface area contributed by atoms with Crippen molar-refractivity contribution in [1.29, 1.82) is 0 Å². The number of imidazole rings is 1. The number of methoxy groups -OCH3 is 2. The topological polar surface area (TPSA) is 59.2 Å². The van der Waals surface area contributed by atoms with E-state index >= 15 is 0 Å². The second-order valence-electron chi connectivity index (χ2n) is 5.03. The van der Waals surface area contributed by atoms with Crippen molar-refractivity contribution in [1.82, 2.24) is 15.3 Å². The predicted octanol–water partition coefficient (Wildman–Crippen LogP) is 2.19. The molecule has 5 nitrogen and oxygen atoms in total. The van der Waals surface area contributed by atoms with Crippen molar-refractivity contribution in [2.75, 3.05) is 20.8 Å². The van der Waals surface area contributed by atoms with Crippen LogP contribution in [-0.4, -0.2) is 36.8 Å². The summed E-state index contributed by atoms with van der Waals surface area (Å²) in [6.07, 6.45) is 5.48. The van der Waals surface area contributed by atoms with Gasteiger partial charge in [-0.3, -0.25) is 0 Å². The van der Waals surface area contributed by atoms with Crippen LogP contribution in [0.5, 0.6) is 11.5 Å². The van der Waals surface area contributed by atoms with E-state index in [9.17, 15) is 0 Å². The standard InChI is InChI=1S/C16H23N3O2/c1-12(17-7-6-16-18-8-9-19-16)10-13-4-5-14(20-2)15(11-13)21-3/h4-5,8-9,11-12,17H,6-7,10H2,1-3H3,(H,18,19). The quantitative estimate of drug-likeness (QED) is 0.782. The van der Waals surface area contributed by atoms with E-state index in [-0.39, 0.29) is 0 Å². The van der Waals surface area contributed by atoms with E-state index in [1.54, 1.807) is 20.4 Å². The maximum atomic E-state index is 5.33. The Labute approximate surface area is 125 Å². The minimum absolute atomic E-state index is 0.387. The van der Waals surface area contributed by atoms with Crippen LogP contribution >= 0.6 is 0 Å². The Hall–Kier alpha value is -2.01. The van der Waals surface area contributed by atoms with E-state index in [4.69, 9.17) is 9.47 Å². The molecule has 0 fully saturated rings. The maximum Gasteiger partial charge on any atom is 0.160 e.